The van der Waals surface area contributed by atoms with Gasteiger partial charge in [0.2, 0.25) is 17.0 Å². The maximum absolute atomic E-state index is 12.9. The average molecular weight is 437 g/mol. The fourth-order valence-corrected chi connectivity index (χ4v) is 4.30. The normalized spacial score (nSPS) is 15.8. The molecule has 158 valence electrons. The van der Waals surface area contributed by atoms with Crippen LogP contribution in [0.2, 0.25) is 0 Å². The predicted molar refractivity (Wildman–Crippen MR) is 118 cm³/mol. The van der Waals surface area contributed by atoms with E-state index >= 15 is 0 Å². The SMILES string of the molecule is CSc1nc2n(n1)[C@@H](c1c[nH]c3ccccc13)CC(c1c(O)n(C)c(=O)n(C)c1=O)=N2. The van der Waals surface area contributed by atoms with Gasteiger partial charge in [0.1, 0.15) is 5.56 Å². The van der Waals surface area contributed by atoms with E-state index in [1.165, 1.54) is 25.9 Å². The maximum Gasteiger partial charge on any atom is 0.333 e. The van der Waals surface area contributed by atoms with Crippen molar-refractivity contribution in [1.82, 2.24) is 28.9 Å². The molecule has 0 spiro atoms. The van der Waals surface area contributed by atoms with Crippen LogP contribution in [0.3, 0.4) is 0 Å². The molecule has 4 heterocycles. The summed E-state index contributed by atoms with van der Waals surface area (Å²) in [6.45, 7) is 0. The van der Waals surface area contributed by atoms with E-state index in [-0.39, 0.29) is 11.6 Å². The van der Waals surface area contributed by atoms with Gasteiger partial charge in [0.25, 0.3) is 5.56 Å². The summed E-state index contributed by atoms with van der Waals surface area (Å²) in [6, 6.07) is 7.62. The van der Waals surface area contributed by atoms with Gasteiger partial charge in [0, 0.05) is 43.2 Å². The number of thioether (sulfide) groups is 1. The third-order valence-corrected chi connectivity index (χ3v) is 6.13. The van der Waals surface area contributed by atoms with Crippen LogP contribution in [0.1, 0.15) is 23.6 Å². The molecule has 0 saturated carbocycles. The number of para-hydroxylation sites is 1. The first kappa shape index (κ1) is 19.4. The summed E-state index contributed by atoms with van der Waals surface area (Å²) in [4.78, 5) is 37.4. The van der Waals surface area contributed by atoms with Gasteiger partial charge in [0.15, 0.2) is 0 Å². The predicted octanol–water partition coefficient (Wildman–Crippen LogP) is 1.70. The molecule has 2 N–H and O–H groups in total. The second-order valence-electron chi connectivity index (χ2n) is 7.32. The van der Waals surface area contributed by atoms with Crippen LogP contribution in [0.15, 0.2) is 50.2 Å². The van der Waals surface area contributed by atoms with Crippen LogP contribution < -0.4 is 11.2 Å². The third kappa shape index (κ3) is 2.84. The first-order valence-electron chi connectivity index (χ1n) is 9.54. The first-order valence-corrected chi connectivity index (χ1v) is 10.8. The number of hydrogen-bond acceptors (Lipinski definition) is 7. The molecule has 0 radical (unpaired) electrons. The van der Waals surface area contributed by atoms with Gasteiger partial charge in [-0.15, -0.1) is 5.10 Å². The zero-order valence-corrected chi connectivity index (χ0v) is 17.8. The highest BCUT2D eigenvalue weighted by atomic mass is 32.2. The molecule has 0 saturated heterocycles. The molecule has 4 aromatic rings. The molecule has 1 aliphatic rings. The fraction of sp³-hybridized carbons (Fsp3) is 0.250. The Hall–Kier alpha value is -3.60. The summed E-state index contributed by atoms with van der Waals surface area (Å²) in [6.07, 6.45) is 4.09. The Morgan fingerprint density at radius 1 is 1.19 bits per heavy atom. The van der Waals surface area contributed by atoms with Gasteiger partial charge in [-0.2, -0.15) is 4.98 Å². The summed E-state index contributed by atoms with van der Waals surface area (Å²) in [5, 5.41) is 16.8. The van der Waals surface area contributed by atoms with Crippen LogP contribution in [-0.4, -0.2) is 46.0 Å². The number of aromatic hydroxyl groups is 1. The van der Waals surface area contributed by atoms with Gasteiger partial charge < -0.3 is 10.1 Å². The number of fused-ring (bicyclic) bond motifs is 2. The molecule has 0 aliphatic carbocycles. The minimum atomic E-state index is -0.608. The van der Waals surface area contributed by atoms with Gasteiger partial charge >= 0.3 is 5.69 Å². The molecule has 1 aliphatic heterocycles. The Labute approximate surface area is 179 Å². The number of nitrogens with one attached hydrogen (secondary N) is 1. The van der Waals surface area contributed by atoms with Crippen molar-refractivity contribution in [3.8, 4) is 5.88 Å². The number of aromatic amines is 1. The van der Waals surface area contributed by atoms with E-state index in [0.717, 1.165) is 25.6 Å². The highest BCUT2D eigenvalue weighted by Gasteiger charge is 2.32. The zero-order chi connectivity index (χ0) is 21.9. The van der Waals surface area contributed by atoms with E-state index in [1.54, 1.807) is 4.68 Å². The smallest absolute Gasteiger partial charge is 0.333 e. The molecule has 1 atom stereocenters. The molecular weight excluding hydrogens is 418 g/mol. The molecule has 0 unspecified atom stereocenters. The standard InChI is InChI=1S/C20H19N7O3S/c1-25-16(28)15(17(29)26(2)20(25)30)13-8-14(27-18(22-13)23-19(24-27)31-3)11-9-21-12-7-5-4-6-10(11)12/h4-7,9,14,21,28H,8H2,1-3H3/t14-/m1/s1. The van der Waals surface area contributed by atoms with Crippen molar-refractivity contribution in [1.29, 1.82) is 0 Å². The van der Waals surface area contributed by atoms with Crippen molar-refractivity contribution in [2.75, 3.05) is 6.26 Å². The van der Waals surface area contributed by atoms with Crippen molar-refractivity contribution >= 4 is 34.3 Å². The largest absolute Gasteiger partial charge is 0.494 e. The number of aliphatic imine (C=N–C) groups is 1. The molecule has 0 fully saturated rings. The van der Waals surface area contributed by atoms with Crippen LogP contribution >= 0.6 is 11.8 Å². The average Bonchev–Trinajstić information content (AvgIpc) is 3.40. The molecule has 1 aromatic carbocycles. The molecule has 31 heavy (non-hydrogen) atoms. The van der Waals surface area contributed by atoms with Gasteiger partial charge in [-0.1, -0.05) is 30.0 Å². The lowest BCUT2D eigenvalue weighted by Crippen LogP contribution is -2.40. The summed E-state index contributed by atoms with van der Waals surface area (Å²) in [5.41, 5.74) is 1.10. The van der Waals surface area contributed by atoms with Crippen LogP contribution in [0.4, 0.5) is 5.95 Å². The number of rotatable bonds is 3. The summed E-state index contributed by atoms with van der Waals surface area (Å²) in [7, 11) is 2.79. The summed E-state index contributed by atoms with van der Waals surface area (Å²) < 4.78 is 3.74. The van der Waals surface area contributed by atoms with Crippen LogP contribution in [-0.2, 0) is 14.1 Å². The minimum absolute atomic E-state index is 0.00519. The van der Waals surface area contributed by atoms with Crippen molar-refractivity contribution in [3.63, 3.8) is 0 Å². The quantitative estimate of drug-likeness (QED) is 0.470. The lowest BCUT2D eigenvalue weighted by atomic mass is 9.96. The van der Waals surface area contributed by atoms with Gasteiger partial charge in [-0.3, -0.25) is 13.9 Å². The van der Waals surface area contributed by atoms with E-state index in [4.69, 9.17) is 0 Å². The second-order valence-corrected chi connectivity index (χ2v) is 8.09. The topological polar surface area (TPSA) is 123 Å². The molecule has 11 heteroatoms. The number of hydrogen-bond donors (Lipinski definition) is 2. The van der Waals surface area contributed by atoms with E-state index in [0.29, 0.717) is 23.2 Å². The highest BCUT2D eigenvalue weighted by molar-refractivity contribution is 7.98. The van der Waals surface area contributed by atoms with Crippen molar-refractivity contribution in [2.24, 2.45) is 19.1 Å². The lowest BCUT2D eigenvalue weighted by molar-refractivity contribution is 0.409. The molecular formula is C20H19N7O3S. The van der Waals surface area contributed by atoms with Crippen molar-refractivity contribution in [2.45, 2.75) is 17.6 Å². The Balaban J connectivity index is 1.75. The van der Waals surface area contributed by atoms with Crippen molar-refractivity contribution < 1.29 is 5.11 Å². The lowest BCUT2D eigenvalue weighted by Gasteiger charge is -2.23. The second kappa shape index (κ2) is 6.98. The molecule has 10 nitrogen and oxygen atoms in total. The number of benzene rings is 1. The molecule has 5 rings (SSSR count). The first-order chi connectivity index (χ1) is 14.9. The molecule has 0 bridgehead atoms. The van der Waals surface area contributed by atoms with E-state index in [2.05, 4.69) is 20.1 Å². The van der Waals surface area contributed by atoms with Crippen LogP contribution in [0, 0.1) is 0 Å². The van der Waals surface area contributed by atoms with E-state index in [9.17, 15) is 14.7 Å². The van der Waals surface area contributed by atoms with Crippen LogP contribution in [0.5, 0.6) is 5.88 Å². The Morgan fingerprint density at radius 2 is 1.97 bits per heavy atom. The number of nitrogens with zero attached hydrogens (tertiary/aromatic N) is 6. The van der Waals surface area contributed by atoms with Crippen LogP contribution in [0.25, 0.3) is 10.9 Å². The zero-order valence-electron chi connectivity index (χ0n) is 17.0. The summed E-state index contributed by atoms with van der Waals surface area (Å²) >= 11 is 1.39. The monoisotopic (exact) mass is 437 g/mol. The third-order valence-electron chi connectivity index (χ3n) is 5.60. The van der Waals surface area contributed by atoms with Crippen molar-refractivity contribution in [3.05, 3.63) is 62.4 Å². The molecule has 3 aromatic heterocycles. The Kier molecular flexibility index (Phi) is 4.36. The molecule has 0 amide bonds. The number of aromatic nitrogens is 6. The summed E-state index contributed by atoms with van der Waals surface area (Å²) in [5.74, 6) is -0.0706. The van der Waals surface area contributed by atoms with Gasteiger partial charge in [-0.25, -0.2) is 14.5 Å². The van der Waals surface area contributed by atoms with E-state index < -0.39 is 17.1 Å². The highest BCUT2D eigenvalue weighted by Crippen LogP contribution is 2.37. The maximum atomic E-state index is 12.9. The van der Waals surface area contributed by atoms with E-state index in [1.807, 2.05) is 36.7 Å². The number of H-pyrrole nitrogens is 1. The Bertz CT molecular complexity index is 1490. The minimum Gasteiger partial charge on any atom is -0.494 e. The Morgan fingerprint density at radius 3 is 2.74 bits per heavy atom. The van der Waals surface area contributed by atoms with Gasteiger partial charge in [0.05, 0.1) is 11.8 Å². The van der Waals surface area contributed by atoms with Gasteiger partial charge in [-0.05, 0) is 12.3 Å². The fourth-order valence-electron chi connectivity index (χ4n) is 3.96.